The van der Waals surface area contributed by atoms with Crippen LogP contribution in [0.1, 0.15) is 5.56 Å². The second-order valence-electron chi connectivity index (χ2n) is 7.06. The van der Waals surface area contributed by atoms with Crippen LogP contribution in [0.15, 0.2) is 84.1 Å². The van der Waals surface area contributed by atoms with Crippen LogP contribution >= 0.6 is 11.6 Å². The van der Waals surface area contributed by atoms with Gasteiger partial charge in [-0.2, -0.15) is 0 Å². The van der Waals surface area contributed by atoms with Crippen molar-refractivity contribution >= 4 is 43.6 Å². The number of hydrogen-bond donors (Lipinski definition) is 0. The maximum atomic E-state index is 13.4. The van der Waals surface area contributed by atoms with E-state index in [0.29, 0.717) is 10.7 Å². The van der Waals surface area contributed by atoms with E-state index in [1.165, 1.54) is 3.97 Å². The zero-order valence-electron chi connectivity index (χ0n) is 15.9. The average Bonchev–Trinajstić information content (AvgIpc) is 3.15. The lowest BCUT2D eigenvalue weighted by atomic mass is 10.0. The van der Waals surface area contributed by atoms with Crippen LogP contribution in [-0.2, 0) is 10.0 Å². The largest absolute Gasteiger partial charge is 0.269 e. The molecule has 2 aromatic carbocycles. The Balaban J connectivity index is 1.76. The Labute approximate surface area is 178 Å². The average molecular weight is 434 g/mol. The van der Waals surface area contributed by atoms with Crippen LogP contribution in [0, 0.1) is 6.92 Å². The zero-order chi connectivity index (χ0) is 20.9. The molecule has 0 bridgehead atoms. The molecule has 0 spiro atoms. The minimum atomic E-state index is -3.80. The third kappa shape index (κ3) is 2.96. The van der Waals surface area contributed by atoms with Crippen LogP contribution in [0.4, 0.5) is 0 Å². The lowest BCUT2D eigenvalue weighted by Crippen LogP contribution is -2.12. The smallest absolute Gasteiger partial charge is 0.256 e. The topological polar surface area (TPSA) is 64.8 Å². The Morgan fingerprint density at radius 1 is 0.900 bits per heavy atom. The summed E-state index contributed by atoms with van der Waals surface area (Å²) in [4.78, 5) is 8.91. The van der Waals surface area contributed by atoms with Crippen molar-refractivity contribution in [3.05, 3.63) is 89.8 Å². The van der Waals surface area contributed by atoms with Crippen molar-refractivity contribution in [3.63, 3.8) is 0 Å². The molecule has 5 rings (SSSR count). The first-order chi connectivity index (χ1) is 14.4. The maximum absolute atomic E-state index is 13.4. The van der Waals surface area contributed by atoms with Gasteiger partial charge in [0.25, 0.3) is 10.0 Å². The zero-order valence-corrected chi connectivity index (χ0v) is 17.5. The van der Waals surface area contributed by atoms with E-state index in [4.69, 9.17) is 11.6 Å². The molecule has 5 nitrogen and oxygen atoms in total. The summed E-state index contributed by atoms with van der Waals surface area (Å²) in [6, 6.07) is 17.9. The van der Waals surface area contributed by atoms with Crippen molar-refractivity contribution in [3.8, 4) is 11.1 Å². The number of nitrogens with zero attached hydrogens (tertiary/aromatic N) is 3. The predicted molar refractivity (Wildman–Crippen MR) is 119 cm³/mol. The minimum Gasteiger partial charge on any atom is -0.256 e. The first-order valence-corrected chi connectivity index (χ1v) is 11.1. The molecule has 3 heterocycles. The molecule has 3 aromatic heterocycles. The number of pyridine rings is 2. The summed E-state index contributed by atoms with van der Waals surface area (Å²) >= 11 is 6.35. The molecule has 0 saturated heterocycles. The van der Waals surface area contributed by atoms with Gasteiger partial charge in [0.05, 0.1) is 15.4 Å². The summed E-state index contributed by atoms with van der Waals surface area (Å²) in [5.41, 5.74) is 3.75. The number of fused-ring (bicyclic) bond motifs is 2. The van der Waals surface area contributed by atoms with Crippen molar-refractivity contribution in [1.29, 1.82) is 0 Å². The van der Waals surface area contributed by atoms with Crippen LogP contribution in [0.5, 0.6) is 0 Å². The predicted octanol–water partition coefficient (Wildman–Crippen LogP) is 5.45. The number of aromatic nitrogens is 3. The van der Waals surface area contributed by atoms with Gasteiger partial charge >= 0.3 is 0 Å². The van der Waals surface area contributed by atoms with Gasteiger partial charge in [-0.05, 0) is 55.0 Å². The molecular weight excluding hydrogens is 418 g/mol. The van der Waals surface area contributed by atoms with Crippen molar-refractivity contribution in [1.82, 2.24) is 13.9 Å². The highest BCUT2D eigenvalue weighted by Crippen LogP contribution is 2.34. The fraction of sp³-hybridized carbons (Fsp3) is 0.0435. The standard InChI is InChI=1S/C23H16ClN3O2S/c1-15-4-7-17(8-5-15)30(28,29)27-14-20(18-3-2-11-26-23(18)27)16-6-9-22-19(13-16)21(24)10-12-25-22/h2-14H,1H3. The summed E-state index contributed by atoms with van der Waals surface area (Å²) in [6.07, 6.45) is 4.88. The molecule has 0 aliphatic heterocycles. The molecule has 30 heavy (non-hydrogen) atoms. The van der Waals surface area contributed by atoms with E-state index >= 15 is 0 Å². The van der Waals surface area contributed by atoms with Crippen LogP contribution in [0.2, 0.25) is 5.02 Å². The summed E-state index contributed by atoms with van der Waals surface area (Å²) in [5.74, 6) is 0. The van der Waals surface area contributed by atoms with E-state index in [0.717, 1.165) is 33.0 Å². The lowest BCUT2D eigenvalue weighted by Gasteiger charge is -2.07. The molecule has 0 unspecified atom stereocenters. The van der Waals surface area contributed by atoms with E-state index in [2.05, 4.69) is 9.97 Å². The van der Waals surface area contributed by atoms with Crippen molar-refractivity contribution in [2.45, 2.75) is 11.8 Å². The van der Waals surface area contributed by atoms with Gasteiger partial charge in [-0.1, -0.05) is 35.4 Å². The number of rotatable bonds is 3. The normalized spacial score (nSPS) is 11.9. The second-order valence-corrected chi connectivity index (χ2v) is 9.28. The molecule has 7 heteroatoms. The molecule has 0 aliphatic rings. The van der Waals surface area contributed by atoms with Crippen LogP contribution < -0.4 is 0 Å². The van der Waals surface area contributed by atoms with Crippen molar-refractivity contribution in [2.24, 2.45) is 0 Å². The van der Waals surface area contributed by atoms with Crippen molar-refractivity contribution in [2.75, 3.05) is 0 Å². The molecule has 0 fully saturated rings. The molecular formula is C23H16ClN3O2S. The lowest BCUT2D eigenvalue weighted by molar-refractivity contribution is 0.589. The number of hydrogen-bond acceptors (Lipinski definition) is 4. The van der Waals surface area contributed by atoms with Gasteiger partial charge in [0.15, 0.2) is 5.65 Å². The molecule has 0 atom stereocenters. The first-order valence-electron chi connectivity index (χ1n) is 9.28. The van der Waals surface area contributed by atoms with E-state index < -0.39 is 10.0 Å². The molecule has 5 aromatic rings. The van der Waals surface area contributed by atoms with Gasteiger partial charge < -0.3 is 0 Å². The Morgan fingerprint density at radius 3 is 2.50 bits per heavy atom. The third-order valence-corrected chi connectivity index (χ3v) is 7.10. The van der Waals surface area contributed by atoms with E-state index in [-0.39, 0.29) is 4.90 Å². The monoisotopic (exact) mass is 433 g/mol. The highest BCUT2D eigenvalue weighted by atomic mass is 35.5. The number of halogens is 1. The van der Waals surface area contributed by atoms with Gasteiger partial charge in [-0.3, -0.25) is 4.98 Å². The van der Waals surface area contributed by atoms with E-state index in [1.807, 2.05) is 31.2 Å². The molecule has 148 valence electrons. The fourth-order valence-corrected chi connectivity index (χ4v) is 5.08. The summed E-state index contributed by atoms with van der Waals surface area (Å²) < 4.78 is 28.0. The maximum Gasteiger partial charge on any atom is 0.269 e. The van der Waals surface area contributed by atoms with Gasteiger partial charge in [0.2, 0.25) is 0 Å². The summed E-state index contributed by atoms with van der Waals surface area (Å²) in [6.45, 7) is 1.92. The molecule has 0 amide bonds. The van der Waals surface area contributed by atoms with Gasteiger partial charge in [-0.25, -0.2) is 17.4 Å². The highest BCUT2D eigenvalue weighted by Gasteiger charge is 2.22. The van der Waals surface area contributed by atoms with Gasteiger partial charge in [0, 0.05) is 34.9 Å². The van der Waals surface area contributed by atoms with Crippen LogP contribution in [0.25, 0.3) is 33.1 Å². The van der Waals surface area contributed by atoms with E-state index in [9.17, 15) is 8.42 Å². The molecule has 0 aliphatic carbocycles. The number of benzene rings is 2. The third-order valence-electron chi connectivity index (χ3n) is 5.11. The minimum absolute atomic E-state index is 0.216. The fourth-order valence-electron chi connectivity index (χ4n) is 3.55. The summed E-state index contributed by atoms with van der Waals surface area (Å²) in [5, 5.41) is 2.14. The SMILES string of the molecule is Cc1ccc(S(=O)(=O)n2cc(-c3ccc4nccc(Cl)c4c3)c3cccnc32)cc1. The second kappa shape index (κ2) is 6.93. The Kier molecular flexibility index (Phi) is 4.34. The molecule has 0 saturated carbocycles. The Hall–Kier alpha value is -3.22. The number of aryl methyl sites for hydroxylation is 1. The summed E-state index contributed by atoms with van der Waals surface area (Å²) in [7, 11) is -3.80. The van der Waals surface area contributed by atoms with Crippen LogP contribution in [0.3, 0.4) is 0 Å². The van der Waals surface area contributed by atoms with Crippen LogP contribution in [-0.4, -0.2) is 22.4 Å². The van der Waals surface area contributed by atoms with Crippen molar-refractivity contribution < 1.29 is 8.42 Å². The first kappa shape index (κ1) is 18.8. The Morgan fingerprint density at radius 2 is 1.70 bits per heavy atom. The van der Waals surface area contributed by atoms with Gasteiger partial charge in [0.1, 0.15) is 0 Å². The molecule has 0 N–H and O–H groups in total. The molecule has 0 radical (unpaired) electrons. The highest BCUT2D eigenvalue weighted by molar-refractivity contribution is 7.90. The quantitative estimate of drug-likeness (QED) is 0.379. The van der Waals surface area contributed by atoms with Gasteiger partial charge in [-0.15, -0.1) is 0 Å². The van der Waals surface area contributed by atoms with E-state index in [1.54, 1.807) is 55.0 Å². The Bertz CT molecular complexity index is 1520.